The summed E-state index contributed by atoms with van der Waals surface area (Å²) in [7, 11) is 0. The molecule has 1 aliphatic rings. The topological polar surface area (TPSA) is 78.9 Å². The first kappa shape index (κ1) is 13.8. The number of benzene rings is 1. The molecule has 1 heterocycles. The first-order chi connectivity index (χ1) is 9.04. The van der Waals surface area contributed by atoms with Gasteiger partial charge in [0, 0.05) is 12.1 Å². The monoisotopic (exact) mass is 329 g/mol. The standard InChI is InChI=1S/C12H13BrFN3O2/c13-8-6-7(3-4-9(8)14)12(18)17-5-1-2-10(17)11(15)16-19/h3-4,6,10,19H,1-2,5H2,(H2,15,16). The van der Waals surface area contributed by atoms with E-state index in [0.29, 0.717) is 18.5 Å². The number of hydrogen-bond acceptors (Lipinski definition) is 3. The Morgan fingerprint density at radius 2 is 2.32 bits per heavy atom. The Labute approximate surface area is 118 Å². The number of amides is 1. The summed E-state index contributed by atoms with van der Waals surface area (Å²) in [6.07, 6.45) is 1.44. The van der Waals surface area contributed by atoms with Gasteiger partial charge in [-0.2, -0.15) is 0 Å². The molecule has 3 N–H and O–H groups in total. The van der Waals surface area contributed by atoms with E-state index in [2.05, 4.69) is 21.1 Å². The number of nitrogens with two attached hydrogens (primary N) is 1. The van der Waals surface area contributed by atoms with Crippen LogP contribution in [0.3, 0.4) is 0 Å². The molecule has 0 saturated carbocycles. The summed E-state index contributed by atoms with van der Waals surface area (Å²) < 4.78 is 13.4. The first-order valence-electron chi connectivity index (χ1n) is 5.78. The van der Waals surface area contributed by atoms with E-state index in [-0.39, 0.29) is 16.2 Å². The van der Waals surface area contributed by atoms with Gasteiger partial charge in [-0.15, -0.1) is 0 Å². The summed E-state index contributed by atoms with van der Waals surface area (Å²) >= 11 is 3.05. The van der Waals surface area contributed by atoms with Crippen molar-refractivity contribution in [1.82, 2.24) is 4.90 Å². The van der Waals surface area contributed by atoms with E-state index in [1.165, 1.54) is 23.1 Å². The highest BCUT2D eigenvalue weighted by Gasteiger charge is 2.32. The molecule has 0 spiro atoms. The third kappa shape index (κ3) is 2.70. The zero-order valence-electron chi connectivity index (χ0n) is 10.0. The lowest BCUT2D eigenvalue weighted by Gasteiger charge is -2.23. The van der Waals surface area contributed by atoms with Crippen LogP contribution in [0, 0.1) is 5.82 Å². The van der Waals surface area contributed by atoms with Crippen LogP contribution in [0.5, 0.6) is 0 Å². The number of nitrogens with zero attached hydrogens (tertiary/aromatic N) is 2. The summed E-state index contributed by atoms with van der Waals surface area (Å²) in [4.78, 5) is 13.9. The minimum atomic E-state index is -0.425. The smallest absolute Gasteiger partial charge is 0.254 e. The van der Waals surface area contributed by atoms with Gasteiger partial charge in [0.2, 0.25) is 0 Å². The molecular formula is C12H13BrFN3O2. The average molecular weight is 330 g/mol. The number of likely N-dealkylation sites (tertiary alicyclic amines) is 1. The van der Waals surface area contributed by atoms with E-state index in [1.807, 2.05) is 0 Å². The Hall–Kier alpha value is -1.63. The van der Waals surface area contributed by atoms with Crippen LogP contribution >= 0.6 is 15.9 Å². The number of halogens is 2. The van der Waals surface area contributed by atoms with E-state index in [1.54, 1.807) is 0 Å². The van der Waals surface area contributed by atoms with Crippen LogP contribution in [-0.4, -0.2) is 34.4 Å². The lowest BCUT2D eigenvalue weighted by molar-refractivity contribution is 0.0767. The maximum Gasteiger partial charge on any atom is 0.254 e. The van der Waals surface area contributed by atoms with E-state index in [0.717, 1.165) is 6.42 Å². The Bertz CT molecular complexity index is 536. The van der Waals surface area contributed by atoms with Crippen LogP contribution in [-0.2, 0) is 0 Å². The van der Waals surface area contributed by atoms with Crippen LogP contribution in [0.25, 0.3) is 0 Å². The zero-order chi connectivity index (χ0) is 14.0. The number of rotatable bonds is 2. The Morgan fingerprint density at radius 3 is 2.95 bits per heavy atom. The molecule has 1 fully saturated rings. The van der Waals surface area contributed by atoms with Crippen molar-refractivity contribution < 1.29 is 14.4 Å². The third-order valence-corrected chi connectivity index (χ3v) is 3.74. The minimum Gasteiger partial charge on any atom is -0.409 e. The molecular weight excluding hydrogens is 317 g/mol. The summed E-state index contributed by atoms with van der Waals surface area (Å²) in [5.41, 5.74) is 5.94. The van der Waals surface area contributed by atoms with Crippen LogP contribution in [0.4, 0.5) is 4.39 Å². The molecule has 1 aromatic rings. The van der Waals surface area contributed by atoms with Crippen molar-refractivity contribution in [2.75, 3.05) is 6.54 Å². The summed E-state index contributed by atoms with van der Waals surface area (Å²) in [6, 6.07) is 3.68. The van der Waals surface area contributed by atoms with E-state index in [4.69, 9.17) is 10.9 Å². The highest BCUT2D eigenvalue weighted by molar-refractivity contribution is 9.10. The number of amidine groups is 1. The quantitative estimate of drug-likeness (QED) is 0.376. The molecule has 0 aromatic heterocycles. The molecule has 102 valence electrons. The number of oxime groups is 1. The molecule has 0 bridgehead atoms. The largest absolute Gasteiger partial charge is 0.409 e. The van der Waals surface area contributed by atoms with Gasteiger partial charge in [-0.1, -0.05) is 5.16 Å². The van der Waals surface area contributed by atoms with Crippen molar-refractivity contribution in [3.8, 4) is 0 Å². The fourth-order valence-corrected chi connectivity index (χ4v) is 2.56. The zero-order valence-corrected chi connectivity index (χ0v) is 11.6. The van der Waals surface area contributed by atoms with E-state index < -0.39 is 11.9 Å². The predicted octanol–water partition coefficient (Wildman–Crippen LogP) is 1.94. The number of hydrogen-bond donors (Lipinski definition) is 2. The second-order valence-corrected chi connectivity index (χ2v) is 5.16. The lowest BCUT2D eigenvalue weighted by Crippen LogP contribution is -2.43. The predicted molar refractivity (Wildman–Crippen MR) is 71.6 cm³/mol. The maximum absolute atomic E-state index is 13.2. The number of carbonyl (C=O) groups is 1. The molecule has 1 aromatic carbocycles. The Morgan fingerprint density at radius 1 is 1.58 bits per heavy atom. The van der Waals surface area contributed by atoms with Crippen LogP contribution in [0.2, 0.25) is 0 Å². The van der Waals surface area contributed by atoms with Gasteiger partial charge in [0.1, 0.15) is 5.82 Å². The maximum atomic E-state index is 13.2. The van der Waals surface area contributed by atoms with Gasteiger partial charge in [0.25, 0.3) is 5.91 Å². The third-order valence-electron chi connectivity index (χ3n) is 3.14. The van der Waals surface area contributed by atoms with Crippen molar-refractivity contribution in [3.63, 3.8) is 0 Å². The van der Waals surface area contributed by atoms with E-state index >= 15 is 0 Å². The van der Waals surface area contributed by atoms with Crippen LogP contribution in [0.1, 0.15) is 23.2 Å². The highest BCUT2D eigenvalue weighted by atomic mass is 79.9. The van der Waals surface area contributed by atoms with Gasteiger partial charge in [-0.3, -0.25) is 4.79 Å². The minimum absolute atomic E-state index is 0.0204. The van der Waals surface area contributed by atoms with Gasteiger partial charge < -0.3 is 15.8 Å². The first-order valence-corrected chi connectivity index (χ1v) is 6.57. The molecule has 1 atom stereocenters. The van der Waals surface area contributed by atoms with Gasteiger partial charge in [0.15, 0.2) is 5.84 Å². The fourth-order valence-electron chi connectivity index (χ4n) is 2.18. The lowest BCUT2D eigenvalue weighted by atomic mass is 10.1. The van der Waals surface area contributed by atoms with Crippen LogP contribution in [0.15, 0.2) is 27.8 Å². The number of carbonyl (C=O) groups excluding carboxylic acids is 1. The van der Waals surface area contributed by atoms with Crippen molar-refractivity contribution in [2.45, 2.75) is 18.9 Å². The molecule has 5 nitrogen and oxygen atoms in total. The highest BCUT2D eigenvalue weighted by Crippen LogP contribution is 2.23. The van der Waals surface area contributed by atoms with Gasteiger partial charge in [0.05, 0.1) is 10.5 Å². The molecule has 1 saturated heterocycles. The molecule has 0 aliphatic carbocycles. The second-order valence-electron chi connectivity index (χ2n) is 4.31. The molecule has 0 radical (unpaired) electrons. The Balaban J connectivity index is 2.25. The SMILES string of the molecule is N/C(=N/O)C1CCCN1C(=O)c1ccc(F)c(Br)c1. The molecule has 2 rings (SSSR count). The molecule has 19 heavy (non-hydrogen) atoms. The van der Waals surface area contributed by atoms with Crippen molar-refractivity contribution in [3.05, 3.63) is 34.1 Å². The average Bonchev–Trinajstić information content (AvgIpc) is 2.89. The van der Waals surface area contributed by atoms with Gasteiger partial charge in [-0.25, -0.2) is 4.39 Å². The van der Waals surface area contributed by atoms with E-state index in [9.17, 15) is 9.18 Å². The Kier molecular flexibility index (Phi) is 4.04. The van der Waals surface area contributed by atoms with Gasteiger partial charge in [-0.05, 0) is 47.0 Å². The molecule has 1 amide bonds. The molecule has 1 unspecified atom stereocenters. The summed E-state index contributed by atoms with van der Waals surface area (Å²) in [5, 5.41) is 11.7. The van der Waals surface area contributed by atoms with Gasteiger partial charge >= 0.3 is 0 Å². The second kappa shape index (κ2) is 5.56. The van der Waals surface area contributed by atoms with Crippen molar-refractivity contribution in [2.24, 2.45) is 10.9 Å². The normalized spacial score (nSPS) is 19.8. The summed E-state index contributed by atoms with van der Waals surface area (Å²) in [5.74, 6) is -0.659. The van der Waals surface area contributed by atoms with Crippen molar-refractivity contribution >= 4 is 27.7 Å². The molecule has 7 heteroatoms. The summed E-state index contributed by atoms with van der Waals surface area (Å²) in [6.45, 7) is 0.536. The molecule has 1 aliphatic heterocycles. The fraction of sp³-hybridized carbons (Fsp3) is 0.333. The van der Waals surface area contributed by atoms with Crippen molar-refractivity contribution in [1.29, 1.82) is 0 Å². The van der Waals surface area contributed by atoms with Crippen LogP contribution < -0.4 is 5.73 Å².